The molecule has 2 atom stereocenters. The Morgan fingerprint density at radius 1 is 1.25 bits per heavy atom. The minimum Gasteiger partial charge on any atom is -0.342 e. The highest BCUT2D eigenvalue weighted by molar-refractivity contribution is 6.00. The second kappa shape index (κ2) is 5.89. The summed E-state index contributed by atoms with van der Waals surface area (Å²) in [6.45, 7) is 4.00. The zero-order valence-electron chi connectivity index (χ0n) is 14.1. The summed E-state index contributed by atoms with van der Waals surface area (Å²) in [6, 6.07) is 1.56. The van der Waals surface area contributed by atoms with Gasteiger partial charge in [-0.05, 0) is 26.3 Å². The molecule has 0 radical (unpaired) electrons. The van der Waals surface area contributed by atoms with Crippen molar-refractivity contribution in [2.75, 3.05) is 20.1 Å². The van der Waals surface area contributed by atoms with Gasteiger partial charge in [-0.2, -0.15) is 0 Å². The third kappa shape index (κ3) is 2.64. The summed E-state index contributed by atoms with van der Waals surface area (Å²) in [6.07, 6.45) is 1.15. The molecule has 2 aliphatic rings. The molecular formula is C17H21N3O4. The highest BCUT2D eigenvalue weighted by Crippen LogP contribution is 2.31. The fourth-order valence-corrected chi connectivity index (χ4v) is 3.79. The lowest BCUT2D eigenvalue weighted by Gasteiger charge is -2.36. The van der Waals surface area contributed by atoms with E-state index in [0.29, 0.717) is 37.2 Å². The van der Waals surface area contributed by atoms with Crippen LogP contribution < -0.4 is 5.56 Å². The van der Waals surface area contributed by atoms with E-state index >= 15 is 0 Å². The Balaban J connectivity index is 1.86. The highest BCUT2D eigenvalue weighted by atomic mass is 16.2. The lowest BCUT2D eigenvalue weighted by Crippen LogP contribution is -2.48. The van der Waals surface area contributed by atoms with Crippen molar-refractivity contribution in [3.05, 3.63) is 33.2 Å². The lowest BCUT2D eigenvalue weighted by atomic mass is 9.92. The average molecular weight is 331 g/mol. The van der Waals surface area contributed by atoms with E-state index in [-0.39, 0.29) is 35.1 Å². The Labute approximate surface area is 139 Å². The van der Waals surface area contributed by atoms with Crippen molar-refractivity contribution in [2.45, 2.75) is 32.7 Å². The number of ketones is 1. The summed E-state index contributed by atoms with van der Waals surface area (Å²) in [5, 5.41) is 0. The molecular weight excluding hydrogens is 310 g/mol. The van der Waals surface area contributed by atoms with Crippen LogP contribution in [0.4, 0.5) is 0 Å². The van der Waals surface area contributed by atoms with Gasteiger partial charge in [-0.15, -0.1) is 0 Å². The molecule has 1 aromatic rings. The molecule has 2 aliphatic heterocycles. The Hall–Kier alpha value is -2.44. The Bertz CT molecular complexity index is 783. The van der Waals surface area contributed by atoms with Crippen LogP contribution in [0.3, 0.4) is 0 Å². The number of nitrogens with zero attached hydrogens (tertiary/aromatic N) is 2. The number of carbonyl (C=O) groups excluding carboxylic acids is 3. The predicted octanol–water partition coefficient (Wildman–Crippen LogP) is 0.579. The number of piperidine rings is 1. The number of Topliss-reactive ketones (excluding diaryl/α,β-unsaturated/α-hetero) is 1. The standard InChI is InChI=1S/C17H21N3O4/c1-9-12(10(2)21)7-13(16(23)18-9)17(24)20-5-4-14-11(8-20)6-15(22)19(14)3/h7,11,14H,4-6,8H2,1-3H3,(H,18,23)/t11-,14+/m1/s1. The van der Waals surface area contributed by atoms with Gasteiger partial charge in [-0.25, -0.2) is 0 Å². The van der Waals surface area contributed by atoms with Gasteiger partial charge >= 0.3 is 0 Å². The molecule has 3 heterocycles. The maximum Gasteiger partial charge on any atom is 0.261 e. The fourth-order valence-electron chi connectivity index (χ4n) is 3.79. The molecule has 2 fully saturated rings. The van der Waals surface area contributed by atoms with Crippen LogP contribution in [-0.4, -0.2) is 58.6 Å². The molecule has 2 saturated heterocycles. The lowest BCUT2D eigenvalue weighted by molar-refractivity contribution is -0.127. The number of carbonyl (C=O) groups is 3. The maximum atomic E-state index is 12.8. The van der Waals surface area contributed by atoms with Crippen LogP contribution >= 0.6 is 0 Å². The zero-order valence-corrected chi connectivity index (χ0v) is 14.1. The van der Waals surface area contributed by atoms with Crippen LogP contribution in [0.2, 0.25) is 0 Å². The zero-order chi connectivity index (χ0) is 17.6. The topological polar surface area (TPSA) is 90.6 Å². The van der Waals surface area contributed by atoms with Crippen molar-refractivity contribution in [1.29, 1.82) is 0 Å². The number of fused-ring (bicyclic) bond motifs is 1. The van der Waals surface area contributed by atoms with E-state index in [9.17, 15) is 19.2 Å². The smallest absolute Gasteiger partial charge is 0.261 e. The van der Waals surface area contributed by atoms with Crippen molar-refractivity contribution >= 4 is 17.6 Å². The van der Waals surface area contributed by atoms with Crippen molar-refractivity contribution in [3.63, 3.8) is 0 Å². The number of aromatic nitrogens is 1. The van der Waals surface area contributed by atoms with E-state index in [1.165, 1.54) is 13.0 Å². The van der Waals surface area contributed by atoms with Gasteiger partial charge in [-0.3, -0.25) is 19.2 Å². The van der Waals surface area contributed by atoms with Crippen LogP contribution in [0.15, 0.2) is 10.9 Å². The molecule has 1 N–H and O–H groups in total. The first-order valence-corrected chi connectivity index (χ1v) is 8.09. The maximum absolute atomic E-state index is 12.8. The summed E-state index contributed by atoms with van der Waals surface area (Å²) in [5.74, 6) is -0.359. The van der Waals surface area contributed by atoms with E-state index in [2.05, 4.69) is 4.98 Å². The van der Waals surface area contributed by atoms with Crippen molar-refractivity contribution in [2.24, 2.45) is 5.92 Å². The molecule has 128 valence electrons. The van der Waals surface area contributed by atoms with Crippen LogP contribution in [0.5, 0.6) is 0 Å². The molecule has 3 rings (SSSR count). The third-order valence-corrected chi connectivity index (χ3v) is 5.16. The highest BCUT2D eigenvalue weighted by Gasteiger charge is 2.42. The number of nitrogens with one attached hydrogen (secondary N) is 1. The number of hydrogen-bond donors (Lipinski definition) is 1. The SMILES string of the molecule is CC(=O)c1cc(C(=O)N2CC[C@H]3[C@H](CC(=O)N3C)C2)c(=O)[nH]c1C. The van der Waals surface area contributed by atoms with Crippen molar-refractivity contribution < 1.29 is 14.4 Å². The molecule has 0 unspecified atom stereocenters. The van der Waals surface area contributed by atoms with Gasteiger partial charge in [0.05, 0.1) is 0 Å². The van der Waals surface area contributed by atoms with E-state index < -0.39 is 5.56 Å². The average Bonchev–Trinajstić information content (AvgIpc) is 2.80. The van der Waals surface area contributed by atoms with E-state index in [0.717, 1.165) is 0 Å². The van der Waals surface area contributed by atoms with Crippen LogP contribution in [-0.2, 0) is 4.79 Å². The largest absolute Gasteiger partial charge is 0.342 e. The summed E-state index contributed by atoms with van der Waals surface area (Å²) in [5.41, 5.74) is 0.320. The van der Waals surface area contributed by atoms with Crippen LogP contribution in [0, 0.1) is 12.8 Å². The molecule has 0 aromatic carbocycles. The predicted molar refractivity (Wildman–Crippen MR) is 87.0 cm³/mol. The number of rotatable bonds is 2. The monoisotopic (exact) mass is 331 g/mol. The number of hydrogen-bond acceptors (Lipinski definition) is 4. The normalized spacial score (nSPS) is 23.4. The first-order valence-electron chi connectivity index (χ1n) is 8.09. The molecule has 0 spiro atoms. The van der Waals surface area contributed by atoms with Crippen molar-refractivity contribution in [3.8, 4) is 0 Å². The van der Waals surface area contributed by atoms with Gasteiger partial charge in [0.2, 0.25) is 5.91 Å². The molecule has 2 amide bonds. The minimum absolute atomic E-state index is 0.0121. The minimum atomic E-state index is -0.482. The van der Waals surface area contributed by atoms with Gasteiger partial charge in [0.15, 0.2) is 5.78 Å². The summed E-state index contributed by atoms with van der Waals surface area (Å²) in [4.78, 5) is 54.4. The first-order chi connectivity index (χ1) is 11.3. The summed E-state index contributed by atoms with van der Waals surface area (Å²) >= 11 is 0. The number of H-pyrrole nitrogens is 1. The van der Waals surface area contributed by atoms with Crippen LogP contribution in [0.25, 0.3) is 0 Å². The van der Waals surface area contributed by atoms with E-state index in [1.807, 2.05) is 0 Å². The Kier molecular flexibility index (Phi) is 4.03. The van der Waals surface area contributed by atoms with Gasteiger partial charge in [0, 0.05) is 49.8 Å². The Morgan fingerprint density at radius 3 is 2.62 bits per heavy atom. The van der Waals surface area contributed by atoms with E-state index in [1.54, 1.807) is 23.8 Å². The van der Waals surface area contributed by atoms with Crippen molar-refractivity contribution in [1.82, 2.24) is 14.8 Å². The van der Waals surface area contributed by atoms with Gasteiger partial charge in [-0.1, -0.05) is 0 Å². The molecule has 7 heteroatoms. The van der Waals surface area contributed by atoms with Gasteiger partial charge in [0.1, 0.15) is 5.56 Å². The summed E-state index contributed by atoms with van der Waals surface area (Å²) in [7, 11) is 1.80. The molecule has 0 aliphatic carbocycles. The fraction of sp³-hybridized carbons (Fsp3) is 0.529. The quantitative estimate of drug-likeness (QED) is 0.803. The second-order valence-electron chi connectivity index (χ2n) is 6.68. The number of aryl methyl sites for hydroxylation is 1. The first kappa shape index (κ1) is 16.4. The number of pyridine rings is 1. The molecule has 24 heavy (non-hydrogen) atoms. The molecule has 1 aromatic heterocycles. The Morgan fingerprint density at radius 2 is 1.96 bits per heavy atom. The molecule has 0 saturated carbocycles. The van der Waals surface area contributed by atoms with Crippen LogP contribution in [0.1, 0.15) is 46.2 Å². The second-order valence-corrected chi connectivity index (χ2v) is 6.68. The summed E-state index contributed by atoms with van der Waals surface area (Å²) < 4.78 is 0. The third-order valence-electron chi connectivity index (χ3n) is 5.16. The van der Waals surface area contributed by atoms with Gasteiger partial charge < -0.3 is 14.8 Å². The number of likely N-dealkylation sites (tertiary alicyclic amines) is 2. The van der Waals surface area contributed by atoms with E-state index in [4.69, 9.17) is 0 Å². The molecule has 0 bridgehead atoms. The number of aromatic amines is 1. The van der Waals surface area contributed by atoms with Gasteiger partial charge in [0.25, 0.3) is 11.5 Å². The number of amides is 2. The molecule has 7 nitrogen and oxygen atoms in total.